The lowest BCUT2D eigenvalue weighted by Crippen LogP contribution is -2.25. The minimum absolute atomic E-state index is 0.231. The van der Waals surface area contributed by atoms with Crippen LogP contribution in [0.1, 0.15) is 19.4 Å². The summed E-state index contributed by atoms with van der Waals surface area (Å²) in [7, 11) is 1.76. The number of halogens is 1. The number of nitrogens with zero attached hydrogens (tertiary/aromatic N) is 4. The third kappa shape index (κ3) is 3.26. The summed E-state index contributed by atoms with van der Waals surface area (Å²) >= 11 is 0. The van der Waals surface area contributed by atoms with E-state index in [1.165, 1.54) is 6.07 Å². The maximum Gasteiger partial charge on any atom is 0.230 e. The molecule has 0 bridgehead atoms. The SMILES string of the molecule is CCN(CC)c1nc(NC)nc(-c2ccc(F)c(C)c2)n1. The van der Waals surface area contributed by atoms with Gasteiger partial charge in [0, 0.05) is 25.7 Å². The fourth-order valence-corrected chi connectivity index (χ4v) is 2.04. The Labute approximate surface area is 124 Å². The molecule has 0 atom stereocenters. The van der Waals surface area contributed by atoms with Gasteiger partial charge in [-0.15, -0.1) is 0 Å². The van der Waals surface area contributed by atoms with E-state index in [-0.39, 0.29) is 5.82 Å². The van der Waals surface area contributed by atoms with Crippen LogP contribution >= 0.6 is 0 Å². The molecule has 112 valence electrons. The zero-order valence-electron chi connectivity index (χ0n) is 12.8. The molecule has 0 aliphatic carbocycles. The third-order valence-electron chi connectivity index (χ3n) is 3.31. The first-order valence-corrected chi connectivity index (χ1v) is 7.04. The predicted molar refractivity (Wildman–Crippen MR) is 83.1 cm³/mol. The van der Waals surface area contributed by atoms with Crippen LogP contribution in [0, 0.1) is 12.7 Å². The highest BCUT2D eigenvalue weighted by molar-refractivity contribution is 5.59. The second kappa shape index (κ2) is 6.47. The van der Waals surface area contributed by atoms with Gasteiger partial charge in [0.2, 0.25) is 11.9 Å². The highest BCUT2D eigenvalue weighted by Gasteiger charge is 2.12. The lowest BCUT2D eigenvalue weighted by atomic mass is 10.1. The number of nitrogens with one attached hydrogen (secondary N) is 1. The fourth-order valence-electron chi connectivity index (χ4n) is 2.04. The summed E-state index contributed by atoms with van der Waals surface area (Å²) in [5.74, 6) is 1.44. The van der Waals surface area contributed by atoms with Gasteiger partial charge in [-0.05, 0) is 44.5 Å². The minimum atomic E-state index is -0.231. The van der Waals surface area contributed by atoms with Gasteiger partial charge < -0.3 is 10.2 Å². The molecule has 0 aliphatic rings. The number of rotatable bonds is 5. The van der Waals surface area contributed by atoms with Crippen LogP contribution in [0.15, 0.2) is 18.2 Å². The highest BCUT2D eigenvalue weighted by atomic mass is 19.1. The summed E-state index contributed by atoms with van der Waals surface area (Å²) in [5.41, 5.74) is 1.35. The molecule has 0 spiro atoms. The van der Waals surface area contributed by atoms with E-state index in [2.05, 4.69) is 20.3 Å². The van der Waals surface area contributed by atoms with E-state index >= 15 is 0 Å². The topological polar surface area (TPSA) is 53.9 Å². The Kier molecular flexibility index (Phi) is 4.67. The molecule has 0 aliphatic heterocycles. The molecule has 0 saturated carbocycles. The average molecular weight is 289 g/mol. The predicted octanol–water partition coefficient (Wildman–Crippen LogP) is 2.87. The summed E-state index contributed by atoms with van der Waals surface area (Å²) in [6, 6.07) is 4.86. The molecule has 1 heterocycles. The largest absolute Gasteiger partial charge is 0.357 e. The first-order valence-electron chi connectivity index (χ1n) is 7.04. The second-order valence-corrected chi connectivity index (χ2v) is 4.67. The summed E-state index contributed by atoms with van der Waals surface area (Å²) in [6.07, 6.45) is 0. The van der Waals surface area contributed by atoms with Crippen LogP contribution in [0.5, 0.6) is 0 Å². The van der Waals surface area contributed by atoms with Crippen molar-refractivity contribution in [2.45, 2.75) is 20.8 Å². The van der Waals surface area contributed by atoms with Crippen molar-refractivity contribution in [3.63, 3.8) is 0 Å². The van der Waals surface area contributed by atoms with Crippen molar-refractivity contribution in [2.24, 2.45) is 0 Å². The lowest BCUT2D eigenvalue weighted by Gasteiger charge is -2.19. The van der Waals surface area contributed by atoms with Crippen molar-refractivity contribution >= 4 is 11.9 Å². The smallest absolute Gasteiger partial charge is 0.230 e. The van der Waals surface area contributed by atoms with Crippen molar-refractivity contribution in [1.29, 1.82) is 0 Å². The van der Waals surface area contributed by atoms with E-state index < -0.39 is 0 Å². The first kappa shape index (κ1) is 15.2. The Hall–Kier alpha value is -2.24. The Balaban J connectivity index is 2.51. The maximum atomic E-state index is 13.4. The molecule has 6 heteroatoms. The van der Waals surface area contributed by atoms with Crippen molar-refractivity contribution in [1.82, 2.24) is 15.0 Å². The van der Waals surface area contributed by atoms with Gasteiger partial charge in [-0.3, -0.25) is 0 Å². The van der Waals surface area contributed by atoms with Gasteiger partial charge in [0.05, 0.1) is 0 Å². The zero-order valence-corrected chi connectivity index (χ0v) is 12.8. The maximum absolute atomic E-state index is 13.4. The van der Waals surface area contributed by atoms with Gasteiger partial charge in [-0.1, -0.05) is 0 Å². The van der Waals surface area contributed by atoms with E-state index in [1.807, 2.05) is 18.7 Å². The van der Waals surface area contributed by atoms with Crippen LogP contribution in [0.3, 0.4) is 0 Å². The van der Waals surface area contributed by atoms with Crippen LogP contribution in [0.2, 0.25) is 0 Å². The number of benzene rings is 1. The van der Waals surface area contributed by atoms with E-state index in [4.69, 9.17) is 0 Å². The normalized spacial score (nSPS) is 10.5. The molecule has 21 heavy (non-hydrogen) atoms. The molecule has 2 aromatic rings. The number of aromatic nitrogens is 3. The minimum Gasteiger partial charge on any atom is -0.357 e. The van der Waals surface area contributed by atoms with Crippen molar-refractivity contribution in [3.8, 4) is 11.4 Å². The van der Waals surface area contributed by atoms with Crippen molar-refractivity contribution in [3.05, 3.63) is 29.6 Å². The highest BCUT2D eigenvalue weighted by Crippen LogP contribution is 2.21. The Morgan fingerprint density at radius 1 is 1.14 bits per heavy atom. The molecule has 1 aromatic carbocycles. The quantitative estimate of drug-likeness (QED) is 0.917. The number of hydrogen-bond acceptors (Lipinski definition) is 5. The lowest BCUT2D eigenvalue weighted by molar-refractivity contribution is 0.618. The van der Waals surface area contributed by atoms with Crippen LogP contribution in [0.4, 0.5) is 16.3 Å². The van der Waals surface area contributed by atoms with Crippen LogP contribution < -0.4 is 10.2 Å². The molecule has 0 amide bonds. The zero-order chi connectivity index (χ0) is 15.4. The van der Waals surface area contributed by atoms with E-state index in [0.717, 1.165) is 18.7 Å². The molecular weight excluding hydrogens is 269 g/mol. The van der Waals surface area contributed by atoms with E-state index in [9.17, 15) is 4.39 Å². The second-order valence-electron chi connectivity index (χ2n) is 4.67. The molecule has 1 aromatic heterocycles. The van der Waals surface area contributed by atoms with Crippen LogP contribution in [0.25, 0.3) is 11.4 Å². The summed E-state index contributed by atoms with van der Waals surface area (Å²) < 4.78 is 13.4. The molecule has 1 N–H and O–H groups in total. The summed E-state index contributed by atoms with van der Waals surface area (Å²) in [5, 5.41) is 2.94. The van der Waals surface area contributed by atoms with Gasteiger partial charge in [0.25, 0.3) is 0 Å². The van der Waals surface area contributed by atoms with Gasteiger partial charge in [-0.2, -0.15) is 15.0 Å². The molecule has 5 nitrogen and oxygen atoms in total. The van der Waals surface area contributed by atoms with Gasteiger partial charge in [0.1, 0.15) is 5.82 Å². The molecule has 0 fully saturated rings. The average Bonchev–Trinajstić information content (AvgIpc) is 2.51. The first-order chi connectivity index (χ1) is 10.1. The standard InChI is InChI=1S/C15H20FN5/c1-5-21(6-2)15-19-13(18-14(17-4)20-15)11-7-8-12(16)10(3)9-11/h7-9H,5-6H2,1-4H3,(H,17,18,19,20). The molecule has 0 unspecified atom stereocenters. The van der Waals surface area contributed by atoms with Crippen LogP contribution in [-0.4, -0.2) is 35.1 Å². The van der Waals surface area contributed by atoms with Gasteiger partial charge in [0.15, 0.2) is 5.82 Å². The molecule has 2 rings (SSSR count). The van der Waals surface area contributed by atoms with Gasteiger partial charge in [-0.25, -0.2) is 4.39 Å². The summed E-state index contributed by atoms with van der Waals surface area (Å²) in [6.45, 7) is 7.45. The van der Waals surface area contributed by atoms with Gasteiger partial charge >= 0.3 is 0 Å². The number of anilines is 2. The summed E-state index contributed by atoms with van der Waals surface area (Å²) in [4.78, 5) is 15.3. The molecular formula is C15H20FN5. The Morgan fingerprint density at radius 3 is 2.43 bits per heavy atom. The van der Waals surface area contributed by atoms with Crippen molar-refractivity contribution in [2.75, 3.05) is 30.4 Å². The molecule has 0 saturated heterocycles. The van der Waals surface area contributed by atoms with E-state index in [0.29, 0.717) is 23.3 Å². The third-order valence-corrected chi connectivity index (χ3v) is 3.31. The Morgan fingerprint density at radius 2 is 1.86 bits per heavy atom. The van der Waals surface area contributed by atoms with Crippen molar-refractivity contribution < 1.29 is 4.39 Å². The van der Waals surface area contributed by atoms with Crippen LogP contribution in [-0.2, 0) is 0 Å². The fraction of sp³-hybridized carbons (Fsp3) is 0.400. The molecule has 0 radical (unpaired) electrons. The monoisotopic (exact) mass is 289 g/mol. The number of aryl methyl sites for hydroxylation is 1. The number of hydrogen-bond donors (Lipinski definition) is 1. The van der Waals surface area contributed by atoms with E-state index in [1.54, 1.807) is 26.1 Å². The Bertz CT molecular complexity index is 625.